The second kappa shape index (κ2) is 6.41. The van der Waals surface area contributed by atoms with Gasteiger partial charge in [0.15, 0.2) is 0 Å². The summed E-state index contributed by atoms with van der Waals surface area (Å²) in [5, 5.41) is 6.48. The zero-order valence-corrected chi connectivity index (χ0v) is 13.5. The summed E-state index contributed by atoms with van der Waals surface area (Å²) in [4.78, 5) is 12.3. The summed E-state index contributed by atoms with van der Waals surface area (Å²) in [5.41, 5.74) is 2.27. The molecule has 0 spiro atoms. The van der Waals surface area contributed by atoms with Gasteiger partial charge in [-0.3, -0.25) is 4.79 Å². The molecular formula is C15H17NO3S2. The number of hydrogen-bond acceptors (Lipinski definition) is 4. The van der Waals surface area contributed by atoms with Crippen LogP contribution in [0.2, 0.25) is 0 Å². The van der Waals surface area contributed by atoms with Crippen LogP contribution in [-0.4, -0.2) is 26.3 Å². The van der Waals surface area contributed by atoms with Crippen molar-refractivity contribution in [3.05, 3.63) is 57.8 Å². The molecule has 1 aromatic carbocycles. The molecule has 0 aliphatic carbocycles. The van der Waals surface area contributed by atoms with Crippen LogP contribution in [0, 0.1) is 6.92 Å². The van der Waals surface area contributed by atoms with Gasteiger partial charge in [-0.15, -0.1) is 0 Å². The van der Waals surface area contributed by atoms with Crippen molar-refractivity contribution in [2.24, 2.45) is 0 Å². The monoisotopic (exact) mass is 323 g/mol. The largest absolute Gasteiger partial charge is 0.344 e. The first-order valence-corrected chi connectivity index (χ1v) is 9.43. The Morgan fingerprint density at radius 1 is 1.24 bits per heavy atom. The molecule has 0 radical (unpaired) electrons. The fourth-order valence-corrected chi connectivity index (χ4v) is 3.75. The van der Waals surface area contributed by atoms with Crippen molar-refractivity contribution in [1.29, 1.82) is 0 Å². The first-order chi connectivity index (χ1) is 9.87. The van der Waals surface area contributed by atoms with Crippen LogP contribution in [0.4, 0.5) is 0 Å². The van der Waals surface area contributed by atoms with Crippen molar-refractivity contribution in [3.63, 3.8) is 0 Å². The van der Waals surface area contributed by atoms with E-state index in [1.54, 1.807) is 5.38 Å². The number of benzene rings is 1. The topological polar surface area (TPSA) is 63.2 Å². The van der Waals surface area contributed by atoms with Gasteiger partial charge < -0.3 is 5.32 Å². The van der Waals surface area contributed by atoms with Crippen molar-refractivity contribution in [1.82, 2.24) is 5.32 Å². The highest BCUT2D eigenvalue weighted by Crippen LogP contribution is 2.18. The van der Waals surface area contributed by atoms with Gasteiger partial charge in [0.2, 0.25) is 0 Å². The highest BCUT2D eigenvalue weighted by Gasteiger charge is 2.21. The average molecular weight is 323 g/mol. The average Bonchev–Trinajstić information content (AvgIpc) is 2.84. The Bertz CT molecular complexity index is 720. The molecule has 0 fully saturated rings. The van der Waals surface area contributed by atoms with Gasteiger partial charge in [-0.2, -0.15) is 11.3 Å². The molecule has 1 amide bonds. The highest BCUT2D eigenvalue weighted by molar-refractivity contribution is 7.90. The third-order valence-corrected chi connectivity index (χ3v) is 4.88. The van der Waals surface area contributed by atoms with Crippen LogP contribution >= 0.6 is 11.3 Å². The SMILES string of the molecule is Cc1cscc1C(=O)NC(CS(C)(=O)=O)c1ccccc1. The molecule has 1 aromatic heterocycles. The Hall–Kier alpha value is -1.66. The van der Waals surface area contributed by atoms with E-state index in [2.05, 4.69) is 5.32 Å². The fourth-order valence-electron chi connectivity index (χ4n) is 2.04. The van der Waals surface area contributed by atoms with Gasteiger partial charge in [0.05, 0.1) is 17.4 Å². The van der Waals surface area contributed by atoms with E-state index in [0.717, 1.165) is 11.1 Å². The molecule has 0 aliphatic rings. The Balaban J connectivity index is 2.25. The molecule has 6 heteroatoms. The third-order valence-electron chi connectivity index (χ3n) is 3.08. The molecule has 1 atom stereocenters. The molecule has 2 aromatic rings. The van der Waals surface area contributed by atoms with E-state index in [9.17, 15) is 13.2 Å². The standard InChI is InChI=1S/C15H17NO3S2/c1-11-8-20-9-13(11)15(17)16-14(10-21(2,18)19)12-6-4-3-5-7-12/h3-9,14H,10H2,1-2H3,(H,16,17). The van der Waals surface area contributed by atoms with Crippen LogP contribution in [0.5, 0.6) is 0 Å². The summed E-state index contributed by atoms with van der Waals surface area (Å²) in [6, 6.07) is 8.59. The zero-order chi connectivity index (χ0) is 15.5. The minimum absolute atomic E-state index is 0.119. The van der Waals surface area contributed by atoms with Crippen molar-refractivity contribution >= 4 is 27.1 Å². The highest BCUT2D eigenvalue weighted by atomic mass is 32.2. The molecule has 2 rings (SSSR count). The normalized spacial score (nSPS) is 12.9. The molecule has 0 saturated heterocycles. The molecule has 0 saturated carbocycles. The number of thiophene rings is 1. The fraction of sp³-hybridized carbons (Fsp3) is 0.267. The Labute approximate surface area is 128 Å². The third kappa shape index (κ3) is 4.41. The van der Waals surface area contributed by atoms with Crippen molar-refractivity contribution in [2.75, 3.05) is 12.0 Å². The molecule has 4 nitrogen and oxygen atoms in total. The predicted octanol–water partition coefficient (Wildman–Crippen LogP) is 2.57. The maximum Gasteiger partial charge on any atom is 0.252 e. The maximum atomic E-state index is 12.3. The molecule has 0 bridgehead atoms. The van der Waals surface area contributed by atoms with Crippen LogP contribution in [-0.2, 0) is 9.84 Å². The van der Waals surface area contributed by atoms with Crippen LogP contribution in [0.1, 0.15) is 27.5 Å². The predicted molar refractivity (Wildman–Crippen MR) is 85.4 cm³/mol. The number of carbonyl (C=O) groups excluding carboxylic acids is 1. The van der Waals surface area contributed by atoms with E-state index in [0.29, 0.717) is 5.56 Å². The lowest BCUT2D eigenvalue weighted by Crippen LogP contribution is -2.33. The molecule has 21 heavy (non-hydrogen) atoms. The lowest BCUT2D eigenvalue weighted by atomic mass is 10.1. The van der Waals surface area contributed by atoms with Crippen LogP contribution in [0.15, 0.2) is 41.1 Å². The van der Waals surface area contributed by atoms with E-state index < -0.39 is 15.9 Å². The number of aryl methyl sites for hydroxylation is 1. The second-order valence-electron chi connectivity index (χ2n) is 5.00. The molecular weight excluding hydrogens is 306 g/mol. The van der Waals surface area contributed by atoms with Gasteiger partial charge in [0.1, 0.15) is 9.84 Å². The molecule has 112 valence electrons. The molecule has 1 heterocycles. The summed E-state index contributed by atoms with van der Waals surface area (Å²) in [6.07, 6.45) is 1.17. The van der Waals surface area contributed by atoms with E-state index >= 15 is 0 Å². The van der Waals surface area contributed by atoms with Crippen LogP contribution in [0.3, 0.4) is 0 Å². The number of nitrogens with one attached hydrogen (secondary N) is 1. The Morgan fingerprint density at radius 3 is 2.43 bits per heavy atom. The minimum Gasteiger partial charge on any atom is -0.344 e. The molecule has 1 unspecified atom stereocenters. The number of carbonyl (C=O) groups is 1. The van der Waals surface area contributed by atoms with Crippen molar-refractivity contribution in [2.45, 2.75) is 13.0 Å². The van der Waals surface area contributed by atoms with Gasteiger partial charge in [0.25, 0.3) is 5.91 Å². The maximum absolute atomic E-state index is 12.3. The summed E-state index contributed by atoms with van der Waals surface area (Å²) in [6.45, 7) is 1.86. The Kier molecular flexibility index (Phi) is 4.80. The first kappa shape index (κ1) is 15.7. The number of amides is 1. The summed E-state index contributed by atoms with van der Waals surface area (Å²) >= 11 is 1.45. The number of rotatable bonds is 5. The quantitative estimate of drug-likeness (QED) is 0.920. The van der Waals surface area contributed by atoms with Gasteiger partial charge in [-0.05, 0) is 23.4 Å². The van der Waals surface area contributed by atoms with Gasteiger partial charge in [-0.1, -0.05) is 30.3 Å². The van der Waals surface area contributed by atoms with Crippen LogP contribution in [0.25, 0.3) is 0 Å². The Morgan fingerprint density at radius 2 is 1.90 bits per heavy atom. The van der Waals surface area contributed by atoms with E-state index in [1.807, 2.05) is 42.6 Å². The van der Waals surface area contributed by atoms with Gasteiger partial charge in [0, 0.05) is 11.6 Å². The summed E-state index contributed by atoms with van der Waals surface area (Å²) in [7, 11) is -3.21. The lowest BCUT2D eigenvalue weighted by molar-refractivity contribution is 0.0940. The number of sulfone groups is 1. The van der Waals surface area contributed by atoms with Crippen LogP contribution < -0.4 is 5.32 Å². The summed E-state index contributed by atoms with van der Waals surface area (Å²) in [5.74, 6) is -0.363. The lowest BCUT2D eigenvalue weighted by Gasteiger charge is -2.18. The van der Waals surface area contributed by atoms with Gasteiger partial charge in [-0.25, -0.2) is 8.42 Å². The van der Waals surface area contributed by atoms with E-state index in [4.69, 9.17) is 0 Å². The van der Waals surface area contributed by atoms with E-state index in [1.165, 1.54) is 17.6 Å². The smallest absolute Gasteiger partial charge is 0.252 e. The minimum atomic E-state index is -3.21. The zero-order valence-electron chi connectivity index (χ0n) is 11.9. The summed E-state index contributed by atoms with van der Waals surface area (Å²) < 4.78 is 23.2. The van der Waals surface area contributed by atoms with Crippen molar-refractivity contribution < 1.29 is 13.2 Å². The van der Waals surface area contributed by atoms with Crippen molar-refractivity contribution in [3.8, 4) is 0 Å². The van der Waals surface area contributed by atoms with E-state index in [-0.39, 0.29) is 11.7 Å². The second-order valence-corrected chi connectivity index (χ2v) is 7.93. The molecule has 1 N–H and O–H groups in total. The first-order valence-electron chi connectivity index (χ1n) is 6.43. The van der Waals surface area contributed by atoms with Gasteiger partial charge >= 0.3 is 0 Å². The number of hydrogen-bond donors (Lipinski definition) is 1. The molecule has 0 aliphatic heterocycles.